The Hall–Kier alpha value is -1.74. The average Bonchev–Trinajstić information content (AvgIpc) is 2.94. The van der Waals surface area contributed by atoms with Gasteiger partial charge in [-0.05, 0) is 25.1 Å². The second-order valence-electron chi connectivity index (χ2n) is 5.23. The van der Waals surface area contributed by atoms with E-state index in [9.17, 15) is 0 Å². The summed E-state index contributed by atoms with van der Waals surface area (Å²) < 4.78 is 5.12. The highest BCUT2D eigenvalue weighted by Gasteiger charge is 2.17. The largest absolute Gasteiger partial charge is 0.472 e. The van der Waals surface area contributed by atoms with Gasteiger partial charge in [0.25, 0.3) is 0 Å². The minimum atomic E-state index is 0.998. The fourth-order valence-corrected chi connectivity index (χ4v) is 2.56. The van der Waals surface area contributed by atoms with Crippen LogP contribution in [0.25, 0.3) is 0 Å². The van der Waals surface area contributed by atoms with Gasteiger partial charge >= 0.3 is 0 Å². The number of furan rings is 1. The number of hydrogen-bond acceptors (Lipinski definition) is 3. The molecule has 0 bridgehead atoms. The number of aryl methyl sites for hydroxylation is 1. The van der Waals surface area contributed by atoms with Gasteiger partial charge in [-0.1, -0.05) is 17.7 Å². The van der Waals surface area contributed by atoms with E-state index in [2.05, 4.69) is 41.0 Å². The topological polar surface area (TPSA) is 19.6 Å². The zero-order valence-electron chi connectivity index (χ0n) is 11.4. The van der Waals surface area contributed by atoms with Gasteiger partial charge in [0.2, 0.25) is 0 Å². The van der Waals surface area contributed by atoms with Gasteiger partial charge in [0, 0.05) is 44.0 Å². The van der Waals surface area contributed by atoms with Crippen LogP contribution in [-0.2, 0) is 6.54 Å². The molecule has 1 aromatic carbocycles. The van der Waals surface area contributed by atoms with Crippen LogP contribution in [0.5, 0.6) is 0 Å². The first kappa shape index (κ1) is 12.3. The van der Waals surface area contributed by atoms with Gasteiger partial charge in [0.1, 0.15) is 0 Å². The summed E-state index contributed by atoms with van der Waals surface area (Å²) in [6.45, 7) is 7.55. The number of anilines is 1. The molecule has 0 radical (unpaired) electrons. The molecule has 3 nitrogen and oxygen atoms in total. The van der Waals surface area contributed by atoms with Crippen LogP contribution in [0.1, 0.15) is 11.1 Å². The molecule has 0 amide bonds. The van der Waals surface area contributed by atoms with Gasteiger partial charge in [-0.15, -0.1) is 0 Å². The van der Waals surface area contributed by atoms with Crippen molar-refractivity contribution in [1.82, 2.24) is 4.90 Å². The summed E-state index contributed by atoms with van der Waals surface area (Å²) in [5.74, 6) is 0. The number of nitrogens with zero attached hydrogens (tertiary/aromatic N) is 2. The van der Waals surface area contributed by atoms with Gasteiger partial charge in [0.05, 0.1) is 12.5 Å². The lowest BCUT2D eigenvalue weighted by molar-refractivity contribution is 0.249. The molecule has 2 aromatic rings. The molecule has 1 saturated heterocycles. The number of benzene rings is 1. The molecule has 3 rings (SSSR count). The summed E-state index contributed by atoms with van der Waals surface area (Å²) in [7, 11) is 0. The van der Waals surface area contributed by atoms with Crippen molar-refractivity contribution in [2.24, 2.45) is 0 Å². The molecule has 0 spiro atoms. The van der Waals surface area contributed by atoms with Crippen LogP contribution in [0.3, 0.4) is 0 Å². The van der Waals surface area contributed by atoms with Gasteiger partial charge in [0.15, 0.2) is 0 Å². The van der Waals surface area contributed by atoms with E-state index in [-0.39, 0.29) is 0 Å². The van der Waals surface area contributed by atoms with Crippen molar-refractivity contribution in [3.8, 4) is 0 Å². The third kappa shape index (κ3) is 2.99. The highest BCUT2D eigenvalue weighted by atomic mass is 16.3. The molecule has 0 unspecified atom stereocenters. The SMILES string of the molecule is Cc1ccc(N2CCN(Cc3ccoc3)CC2)cc1. The van der Waals surface area contributed by atoms with E-state index in [4.69, 9.17) is 4.42 Å². The number of hydrogen-bond donors (Lipinski definition) is 0. The smallest absolute Gasteiger partial charge is 0.0947 e. The number of piperazine rings is 1. The lowest BCUT2D eigenvalue weighted by Gasteiger charge is -2.36. The molecule has 1 aromatic heterocycles. The van der Waals surface area contributed by atoms with Gasteiger partial charge in [-0.2, -0.15) is 0 Å². The van der Waals surface area contributed by atoms with E-state index in [1.54, 1.807) is 6.26 Å². The van der Waals surface area contributed by atoms with Crippen LogP contribution < -0.4 is 4.90 Å². The normalized spacial score (nSPS) is 16.8. The van der Waals surface area contributed by atoms with Gasteiger partial charge in [-0.25, -0.2) is 0 Å². The van der Waals surface area contributed by atoms with E-state index >= 15 is 0 Å². The van der Waals surface area contributed by atoms with Crippen LogP contribution in [-0.4, -0.2) is 31.1 Å². The first-order valence-corrected chi connectivity index (χ1v) is 6.86. The molecule has 1 aliphatic heterocycles. The van der Waals surface area contributed by atoms with Crippen molar-refractivity contribution in [3.05, 3.63) is 54.0 Å². The summed E-state index contributed by atoms with van der Waals surface area (Å²) >= 11 is 0. The average molecular weight is 256 g/mol. The molecule has 0 N–H and O–H groups in total. The zero-order valence-corrected chi connectivity index (χ0v) is 11.4. The van der Waals surface area contributed by atoms with E-state index in [0.29, 0.717) is 0 Å². The lowest BCUT2D eigenvalue weighted by atomic mass is 10.2. The summed E-state index contributed by atoms with van der Waals surface area (Å²) in [4.78, 5) is 4.95. The van der Waals surface area contributed by atoms with E-state index in [0.717, 1.165) is 32.7 Å². The monoisotopic (exact) mass is 256 g/mol. The molecule has 0 atom stereocenters. The summed E-state index contributed by atoms with van der Waals surface area (Å²) in [6, 6.07) is 10.9. The molecule has 0 saturated carbocycles. The minimum absolute atomic E-state index is 0.998. The van der Waals surface area contributed by atoms with E-state index < -0.39 is 0 Å². The Morgan fingerprint density at radius 3 is 2.37 bits per heavy atom. The van der Waals surface area contributed by atoms with Gasteiger partial charge in [-0.3, -0.25) is 4.90 Å². The maximum atomic E-state index is 5.12. The fourth-order valence-electron chi connectivity index (χ4n) is 2.56. The lowest BCUT2D eigenvalue weighted by Crippen LogP contribution is -2.45. The molecule has 0 aliphatic carbocycles. The Labute approximate surface area is 114 Å². The van der Waals surface area contributed by atoms with Crippen LogP contribution in [0, 0.1) is 6.92 Å². The Bertz CT molecular complexity index is 496. The van der Waals surface area contributed by atoms with E-state index in [1.165, 1.54) is 16.8 Å². The first-order chi connectivity index (χ1) is 9.31. The van der Waals surface area contributed by atoms with Crippen LogP contribution in [0.4, 0.5) is 5.69 Å². The molecule has 1 fully saturated rings. The second-order valence-corrected chi connectivity index (χ2v) is 5.23. The first-order valence-electron chi connectivity index (χ1n) is 6.86. The Kier molecular flexibility index (Phi) is 3.56. The minimum Gasteiger partial charge on any atom is -0.472 e. The highest BCUT2D eigenvalue weighted by Crippen LogP contribution is 2.18. The maximum absolute atomic E-state index is 5.12. The summed E-state index contributed by atoms with van der Waals surface area (Å²) in [5, 5.41) is 0. The summed E-state index contributed by atoms with van der Waals surface area (Å²) in [5.41, 5.74) is 3.93. The van der Waals surface area contributed by atoms with Crippen molar-refractivity contribution in [3.63, 3.8) is 0 Å². The molecule has 3 heteroatoms. The molecule has 19 heavy (non-hydrogen) atoms. The third-order valence-electron chi connectivity index (χ3n) is 3.76. The van der Waals surface area contributed by atoms with Crippen LogP contribution >= 0.6 is 0 Å². The van der Waals surface area contributed by atoms with Crippen molar-refractivity contribution >= 4 is 5.69 Å². The predicted octanol–water partition coefficient (Wildman–Crippen LogP) is 2.91. The van der Waals surface area contributed by atoms with Crippen LogP contribution in [0.2, 0.25) is 0 Å². The van der Waals surface area contributed by atoms with Crippen molar-refractivity contribution in [2.75, 3.05) is 31.1 Å². The third-order valence-corrected chi connectivity index (χ3v) is 3.76. The van der Waals surface area contributed by atoms with Crippen molar-refractivity contribution in [1.29, 1.82) is 0 Å². The Balaban J connectivity index is 1.56. The van der Waals surface area contributed by atoms with Gasteiger partial charge < -0.3 is 9.32 Å². The number of rotatable bonds is 3. The highest BCUT2D eigenvalue weighted by molar-refractivity contribution is 5.47. The second kappa shape index (κ2) is 5.49. The summed E-state index contributed by atoms with van der Waals surface area (Å²) in [6.07, 6.45) is 3.59. The zero-order chi connectivity index (χ0) is 13.1. The predicted molar refractivity (Wildman–Crippen MR) is 77.4 cm³/mol. The molecule has 100 valence electrons. The Morgan fingerprint density at radius 2 is 1.74 bits per heavy atom. The maximum Gasteiger partial charge on any atom is 0.0947 e. The fraction of sp³-hybridized carbons (Fsp3) is 0.375. The molecular weight excluding hydrogens is 236 g/mol. The van der Waals surface area contributed by atoms with Crippen molar-refractivity contribution in [2.45, 2.75) is 13.5 Å². The van der Waals surface area contributed by atoms with E-state index in [1.807, 2.05) is 12.3 Å². The Morgan fingerprint density at radius 1 is 1.00 bits per heavy atom. The standard InChI is InChI=1S/C16H20N2O/c1-14-2-4-16(5-3-14)18-9-7-17(8-10-18)12-15-6-11-19-13-15/h2-6,11,13H,7-10,12H2,1H3. The molecular formula is C16H20N2O. The van der Waals surface area contributed by atoms with Crippen molar-refractivity contribution < 1.29 is 4.42 Å². The molecule has 2 heterocycles. The van der Waals surface area contributed by atoms with Crippen LogP contribution in [0.15, 0.2) is 47.3 Å². The quantitative estimate of drug-likeness (QED) is 0.842. The molecule has 1 aliphatic rings.